The first kappa shape index (κ1) is 77.1. The molecule has 0 bridgehead atoms. The third kappa shape index (κ3) is 65.1. The van der Waals surface area contributed by atoms with E-state index in [4.69, 9.17) is 4.74 Å². The van der Waals surface area contributed by atoms with Gasteiger partial charge in [-0.15, -0.1) is 0 Å². The van der Waals surface area contributed by atoms with Crippen LogP contribution in [-0.2, 0) is 14.3 Å². The maximum atomic E-state index is 12.5. The molecule has 0 aliphatic rings. The van der Waals surface area contributed by atoms with Gasteiger partial charge < -0.3 is 20.3 Å². The highest BCUT2D eigenvalue weighted by atomic mass is 16.5. The van der Waals surface area contributed by atoms with E-state index < -0.39 is 12.1 Å². The highest BCUT2D eigenvalue weighted by Crippen LogP contribution is 2.19. The molecular formula is C73H139NO5. The molecular weight excluding hydrogens is 971 g/mol. The summed E-state index contributed by atoms with van der Waals surface area (Å²) in [6, 6.07) is -0.537. The van der Waals surface area contributed by atoms with Crippen LogP contribution in [0.1, 0.15) is 393 Å². The Bertz CT molecular complexity index is 1280. The minimum absolute atomic E-state index is 0.00618. The summed E-state index contributed by atoms with van der Waals surface area (Å²) >= 11 is 0. The first-order chi connectivity index (χ1) is 39.0. The van der Waals surface area contributed by atoms with Gasteiger partial charge in [0, 0.05) is 12.8 Å². The fourth-order valence-corrected chi connectivity index (χ4v) is 11.2. The highest BCUT2D eigenvalue weighted by Gasteiger charge is 2.20. The van der Waals surface area contributed by atoms with Crippen LogP contribution in [0.15, 0.2) is 36.5 Å². The number of ether oxygens (including phenoxy) is 1. The molecule has 0 aliphatic carbocycles. The molecule has 0 aromatic heterocycles. The summed E-state index contributed by atoms with van der Waals surface area (Å²) < 4.78 is 5.48. The number of rotatable bonds is 67. The van der Waals surface area contributed by atoms with Gasteiger partial charge in [0.05, 0.1) is 25.4 Å². The summed E-state index contributed by atoms with van der Waals surface area (Å²) in [6.07, 6.45) is 87.9. The van der Waals surface area contributed by atoms with E-state index in [-0.39, 0.29) is 18.5 Å². The number of carbonyl (C=O) groups excluding carboxylic acids is 2. The standard InChI is InChI=1S/C73H139NO5/c1-3-5-7-9-11-13-15-42-47-51-55-59-63-67-73(78)79-68-64-60-56-52-48-44-41-39-37-35-33-31-29-27-25-23-21-19-17-18-20-22-24-26-28-30-32-34-36-38-40-43-46-50-54-58-62-66-72(77)74-70(69-75)71(76)65-61-57-53-49-45-16-14-12-10-8-6-4-2/h7,9,13,15,17,19,70-71,75-76H,3-6,8,10-12,14,16,18,20-69H2,1-2H3,(H,74,77)/b9-7-,15-13-,19-17-. The van der Waals surface area contributed by atoms with Crippen molar-refractivity contribution in [3.63, 3.8) is 0 Å². The minimum Gasteiger partial charge on any atom is -0.466 e. The second-order valence-corrected chi connectivity index (χ2v) is 24.6. The zero-order valence-electron chi connectivity index (χ0n) is 53.4. The van der Waals surface area contributed by atoms with Crippen molar-refractivity contribution in [1.82, 2.24) is 5.32 Å². The van der Waals surface area contributed by atoms with E-state index in [1.54, 1.807) is 0 Å². The van der Waals surface area contributed by atoms with Crippen LogP contribution in [0.4, 0.5) is 0 Å². The molecule has 0 aromatic carbocycles. The monoisotopic (exact) mass is 1110 g/mol. The van der Waals surface area contributed by atoms with Gasteiger partial charge in [-0.25, -0.2) is 0 Å². The summed E-state index contributed by atoms with van der Waals surface area (Å²) in [7, 11) is 0. The fourth-order valence-electron chi connectivity index (χ4n) is 11.2. The fraction of sp³-hybridized carbons (Fsp3) is 0.890. The van der Waals surface area contributed by atoms with Crippen LogP contribution in [0.25, 0.3) is 0 Å². The minimum atomic E-state index is -0.660. The largest absolute Gasteiger partial charge is 0.466 e. The number of carbonyl (C=O) groups is 2. The van der Waals surface area contributed by atoms with Gasteiger partial charge in [0.2, 0.25) is 5.91 Å². The molecule has 0 heterocycles. The van der Waals surface area contributed by atoms with Crippen LogP contribution in [-0.4, -0.2) is 47.4 Å². The predicted molar refractivity (Wildman–Crippen MR) is 347 cm³/mol. The molecule has 0 aliphatic heterocycles. The van der Waals surface area contributed by atoms with Gasteiger partial charge in [-0.1, -0.05) is 339 Å². The molecule has 0 aromatic rings. The van der Waals surface area contributed by atoms with Gasteiger partial charge in [0.25, 0.3) is 0 Å². The summed E-state index contributed by atoms with van der Waals surface area (Å²) in [5, 5.41) is 23.3. The van der Waals surface area contributed by atoms with Crippen molar-refractivity contribution >= 4 is 11.9 Å². The van der Waals surface area contributed by atoms with E-state index in [1.807, 2.05) is 0 Å². The van der Waals surface area contributed by atoms with E-state index in [2.05, 4.69) is 55.6 Å². The SMILES string of the molecule is CCC/C=C\C/C=C\CCCCCCCC(=O)OCCCCCCCCCCCCCCCCCC/C=C\CCCCCCCCCCCCCCCCCCCC(=O)NC(CO)C(O)CCCCCCCCCCCCCC. The van der Waals surface area contributed by atoms with E-state index in [1.165, 1.54) is 308 Å². The van der Waals surface area contributed by atoms with Gasteiger partial charge in [0.1, 0.15) is 0 Å². The first-order valence-electron chi connectivity index (χ1n) is 35.7. The Morgan fingerprint density at radius 2 is 0.658 bits per heavy atom. The van der Waals surface area contributed by atoms with Crippen molar-refractivity contribution in [3.05, 3.63) is 36.5 Å². The van der Waals surface area contributed by atoms with Crippen molar-refractivity contribution in [2.45, 2.75) is 405 Å². The molecule has 79 heavy (non-hydrogen) atoms. The second-order valence-electron chi connectivity index (χ2n) is 24.6. The number of aliphatic hydroxyl groups excluding tert-OH is 2. The zero-order valence-corrected chi connectivity index (χ0v) is 53.4. The molecule has 0 fully saturated rings. The number of esters is 1. The van der Waals surface area contributed by atoms with Crippen LogP contribution in [0, 0.1) is 0 Å². The Morgan fingerprint density at radius 1 is 0.354 bits per heavy atom. The molecule has 466 valence electrons. The summed E-state index contributed by atoms with van der Waals surface area (Å²) in [4.78, 5) is 24.5. The van der Waals surface area contributed by atoms with Gasteiger partial charge in [-0.3, -0.25) is 9.59 Å². The van der Waals surface area contributed by atoms with Crippen LogP contribution < -0.4 is 5.32 Å². The molecule has 1 amide bonds. The van der Waals surface area contributed by atoms with Crippen LogP contribution >= 0.6 is 0 Å². The predicted octanol–water partition coefficient (Wildman–Crippen LogP) is 23.1. The molecule has 0 spiro atoms. The first-order valence-corrected chi connectivity index (χ1v) is 35.7. The maximum Gasteiger partial charge on any atom is 0.305 e. The van der Waals surface area contributed by atoms with E-state index in [9.17, 15) is 19.8 Å². The average molecular weight is 1110 g/mol. The lowest BCUT2D eigenvalue weighted by Gasteiger charge is -2.22. The summed E-state index contributed by atoms with van der Waals surface area (Å²) in [5.41, 5.74) is 0. The van der Waals surface area contributed by atoms with Gasteiger partial charge in [-0.2, -0.15) is 0 Å². The lowest BCUT2D eigenvalue weighted by molar-refractivity contribution is -0.143. The van der Waals surface area contributed by atoms with Gasteiger partial charge in [-0.05, 0) is 77.0 Å². The smallest absolute Gasteiger partial charge is 0.305 e. The number of hydrogen-bond donors (Lipinski definition) is 3. The molecule has 0 saturated carbocycles. The Kier molecular flexibility index (Phi) is 66.9. The normalized spacial score (nSPS) is 12.7. The quantitative estimate of drug-likeness (QED) is 0.0320. The molecule has 2 unspecified atom stereocenters. The third-order valence-electron chi connectivity index (χ3n) is 16.6. The highest BCUT2D eigenvalue weighted by molar-refractivity contribution is 5.76. The lowest BCUT2D eigenvalue weighted by atomic mass is 10.0. The van der Waals surface area contributed by atoms with Gasteiger partial charge in [0.15, 0.2) is 0 Å². The van der Waals surface area contributed by atoms with Crippen LogP contribution in [0.2, 0.25) is 0 Å². The topological polar surface area (TPSA) is 95.9 Å². The molecule has 6 nitrogen and oxygen atoms in total. The number of amides is 1. The Labute approximate surface area is 494 Å². The van der Waals surface area contributed by atoms with Crippen molar-refractivity contribution in [2.75, 3.05) is 13.2 Å². The molecule has 0 saturated heterocycles. The lowest BCUT2D eigenvalue weighted by Crippen LogP contribution is -2.45. The average Bonchev–Trinajstić information content (AvgIpc) is 3.45. The van der Waals surface area contributed by atoms with Gasteiger partial charge >= 0.3 is 5.97 Å². The van der Waals surface area contributed by atoms with Crippen LogP contribution in [0.3, 0.4) is 0 Å². The summed E-state index contributed by atoms with van der Waals surface area (Å²) in [6.45, 7) is 4.90. The van der Waals surface area contributed by atoms with E-state index >= 15 is 0 Å². The maximum absolute atomic E-state index is 12.5. The van der Waals surface area contributed by atoms with Crippen LogP contribution in [0.5, 0.6) is 0 Å². The molecule has 0 rings (SSSR count). The third-order valence-corrected chi connectivity index (χ3v) is 16.6. The number of allylic oxidation sites excluding steroid dienone is 6. The second kappa shape index (κ2) is 68.6. The van der Waals surface area contributed by atoms with E-state index in [0.29, 0.717) is 25.9 Å². The molecule has 6 heteroatoms. The Balaban J connectivity index is 3.32. The molecule has 0 radical (unpaired) electrons. The molecule has 2 atom stereocenters. The number of aliphatic hydroxyl groups is 2. The van der Waals surface area contributed by atoms with E-state index in [0.717, 1.165) is 51.4 Å². The zero-order chi connectivity index (χ0) is 57.1. The summed E-state index contributed by atoms with van der Waals surface area (Å²) in [5.74, 6) is -0.0235. The number of unbranched alkanes of at least 4 members (excludes halogenated alkanes) is 50. The van der Waals surface area contributed by atoms with Crippen molar-refractivity contribution in [3.8, 4) is 0 Å². The number of nitrogens with one attached hydrogen (secondary N) is 1. The molecule has 3 N–H and O–H groups in total. The van der Waals surface area contributed by atoms with Crippen molar-refractivity contribution in [2.24, 2.45) is 0 Å². The number of hydrogen-bond acceptors (Lipinski definition) is 5. The Hall–Kier alpha value is -1.92. The van der Waals surface area contributed by atoms with Crippen molar-refractivity contribution in [1.29, 1.82) is 0 Å². The van der Waals surface area contributed by atoms with Crippen molar-refractivity contribution < 1.29 is 24.5 Å². The Morgan fingerprint density at radius 3 is 1.03 bits per heavy atom.